The lowest BCUT2D eigenvalue weighted by Crippen LogP contribution is -2.29. The molecule has 0 N–H and O–H groups in total. The van der Waals surface area contributed by atoms with Gasteiger partial charge in [-0.3, -0.25) is 0 Å². The number of hydrogen-bond acceptors (Lipinski definition) is 0. The topological polar surface area (TPSA) is 0 Å². The van der Waals surface area contributed by atoms with Gasteiger partial charge < -0.3 is 0 Å². The maximum atomic E-state index is 12.7. The Bertz CT molecular complexity index is 108. The average molecular weight is 148 g/mol. The third-order valence-electron chi connectivity index (χ3n) is 2.10. The first-order valence-electron chi connectivity index (χ1n) is 3.87. The van der Waals surface area contributed by atoms with Crippen LogP contribution in [0.15, 0.2) is 0 Å². The monoisotopic (exact) mass is 148 g/mol. The van der Waals surface area contributed by atoms with E-state index in [0.717, 1.165) is 6.42 Å². The van der Waals surface area contributed by atoms with Gasteiger partial charge in [-0.1, -0.05) is 13.8 Å². The Morgan fingerprint density at radius 2 is 1.50 bits per heavy atom. The van der Waals surface area contributed by atoms with Crippen molar-refractivity contribution in [2.45, 2.75) is 39.0 Å². The molecule has 0 bridgehead atoms. The fourth-order valence-electron chi connectivity index (χ4n) is 1.96. The molecule has 2 atom stereocenters. The number of alkyl halides is 2. The van der Waals surface area contributed by atoms with Crippen LogP contribution in [0.3, 0.4) is 0 Å². The Kier molecular flexibility index (Phi) is 1.97. The van der Waals surface area contributed by atoms with Gasteiger partial charge in [-0.15, -0.1) is 0 Å². The fraction of sp³-hybridized carbons (Fsp3) is 1.00. The minimum atomic E-state index is -2.38. The SMILES string of the molecule is C[C@@H]1C[C@@H](C)CC(F)(F)C1. The van der Waals surface area contributed by atoms with Gasteiger partial charge in [0.15, 0.2) is 0 Å². The predicted octanol–water partition coefficient (Wildman–Crippen LogP) is 3.08. The van der Waals surface area contributed by atoms with Gasteiger partial charge in [-0.2, -0.15) is 0 Å². The second-order valence-electron chi connectivity index (χ2n) is 3.71. The molecule has 1 aliphatic rings. The molecule has 0 nitrogen and oxygen atoms in total. The molecule has 1 saturated carbocycles. The molecule has 1 rings (SSSR count). The summed E-state index contributed by atoms with van der Waals surface area (Å²) >= 11 is 0. The zero-order chi connectivity index (χ0) is 7.78. The Balaban J connectivity index is 2.51. The predicted molar refractivity (Wildman–Crippen MR) is 37.1 cm³/mol. The summed E-state index contributed by atoms with van der Waals surface area (Å²) in [7, 11) is 0. The smallest absolute Gasteiger partial charge is 0.207 e. The summed E-state index contributed by atoms with van der Waals surface area (Å²) in [5.41, 5.74) is 0. The highest BCUT2D eigenvalue weighted by atomic mass is 19.3. The van der Waals surface area contributed by atoms with E-state index in [9.17, 15) is 8.78 Å². The quantitative estimate of drug-likeness (QED) is 0.495. The van der Waals surface area contributed by atoms with Crippen LogP contribution in [0.4, 0.5) is 8.78 Å². The lowest BCUT2D eigenvalue weighted by atomic mass is 9.81. The van der Waals surface area contributed by atoms with Crippen LogP contribution >= 0.6 is 0 Å². The Morgan fingerprint density at radius 3 is 1.80 bits per heavy atom. The van der Waals surface area contributed by atoms with Gasteiger partial charge in [0.1, 0.15) is 0 Å². The van der Waals surface area contributed by atoms with Crippen LogP contribution in [0, 0.1) is 11.8 Å². The van der Waals surface area contributed by atoms with Crippen molar-refractivity contribution < 1.29 is 8.78 Å². The highest BCUT2D eigenvalue weighted by molar-refractivity contribution is 4.79. The third-order valence-corrected chi connectivity index (χ3v) is 2.10. The van der Waals surface area contributed by atoms with Gasteiger partial charge in [0.05, 0.1) is 0 Å². The van der Waals surface area contributed by atoms with Crippen molar-refractivity contribution in [2.24, 2.45) is 11.8 Å². The fourth-order valence-corrected chi connectivity index (χ4v) is 1.96. The van der Waals surface area contributed by atoms with Gasteiger partial charge in [0.2, 0.25) is 5.92 Å². The van der Waals surface area contributed by atoms with Gasteiger partial charge in [0.25, 0.3) is 0 Å². The molecule has 0 heterocycles. The largest absolute Gasteiger partial charge is 0.248 e. The molecule has 0 aromatic heterocycles. The van der Waals surface area contributed by atoms with Crippen LogP contribution in [-0.4, -0.2) is 5.92 Å². The van der Waals surface area contributed by atoms with Crippen LogP contribution in [0.25, 0.3) is 0 Å². The molecule has 0 radical (unpaired) electrons. The van der Waals surface area contributed by atoms with E-state index in [1.165, 1.54) is 0 Å². The van der Waals surface area contributed by atoms with Gasteiger partial charge in [-0.05, 0) is 18.3 Å². The van der Waals surface area contributed by atoms with Crippen LogP contribution < -0.4 is 0 Å². The van der Waals surface area contributed by atoms with Crippen molar-refractivity contribution >= 4 is 0 Å². The molecule has 2 heteroatoms. The normalized spacial score (nSPS) is 39.6. The minimum absolute atomic E-state index is 0.0946. The Morgan fingerprint density at radius 1 is 1.10 bits per heavy atom. The summed E-state index contributed by atoms with van der Waals surface area (Å²) in [5, 5.41) is 0. The van der Waals surface area contributed by atoms with Gasteiger partial charge >= 0.3 is 0 Å². The van der Waals surface area contributed by atoms with E-state index in [0.29, 0.717) is 0 Å². The maximum absolute atomic E-state index is 12.7. The summed E-state index contributed by atoms with van der Waals surface area (Å²) in [6.45, 7) is 3.81. The van der Waals surface area contributed by atoms with Crippen molar-refractivity contribution in [1.29, 1.82) is 0 Å². The molecule has 0 spiro atoms. The molecule has 0 aromatic carbocycles. The average Bonchev–Trinajstić information content (AvgIpc) is 1.54. The second-order valence-corrected chi connectivity index (χ2v) is 3.71. The summed E-state index contributed by atoms with van der Waals surface area (Å²) in [4.78, 5) is 0. The molecular formula is C8H14F2. The van der Waals surface area contributed by atoms with E-state index in [-0.39, 0.29) is 24.7 Å². The van der Waals surface area contributed by atoms with Crippen LogP contribution in [0.2, 0.25) is 0 Å². The highest BCUT2D eigenvalue weighted by Gasteiger charge is 2.37. The van der Waals surface area contributed by atoms with E-state index in [2.05, 4.69) is 0 Å². The zero-order valence-electron chi connectivity index (χ0n) is 6.53. The highest BCUT2D eigenvalue weighted by Crippen LogP contribution is 2.39. The molecule has 0 amide bonds. The molecule has 60 valence electrons. The van der Waals surface area contributed by atoms with E-state index >= 15 is 0 Å². The zero-order valence-corrected chi connectivity index (χ0v) is 6.53. The van der Waals surface area contributed by atoms with Crippen LogP contribution in [0.1, 0.15) is 33.1 Å². The molecule has 0 aromatic rings. The van der Waals surface area contributed by atoms with Crippen LogP contribution in [0.5, 0.6) is 0 Å². The lowest BCUT2D eigenvalue weighted by molar-refractivity contribution is -0.0661. The minimum Gasteiger partial charge on any atom is -0.207 e. The van der Waals surface area contributed by atoms with E-state index in [4.69, 9.17) is 0 Å². The van der Waals surface area contributed by atoms with Crippen molar-refractivity contribution in [3.63, 3.8) is 0 Å². The van der Waals surface area contributed by atoms with Crippen molar-refractivity contribution in [3.05, 3.63) is 0 Å². The first-order valence-corrected chi connectivity index (χ1v) is 3.87. The molecule has 10 heavy (non-hydrogen) atoms. The number of halogens is 2. The molecule has 0 unspecified atom stereocenters. The van der Waals surface area contributed by atoms with Gasteiger partial charge in [-0.25, -0.2) is 8.78 Å². The van der Waals surface area contributed by atoms with Crippen molar-refractivity contribution in [2.75, 3.05) is 0 Å². The molecule has 0 aliphatic heterocycles. The van der Waals surface area contributed by atoms with Gasteiger partial charge in [0, 0.05) is 12.8 Å². The molecule has 0 saturated heterocycles. The maximum Gasteiger partial charge on any atom is 0.248 e. The Hall–Kier alpha value is -0.140. The second kappa shape index (κ2) is 2.48. The van der Waals surface area contributed by atoms with E-state index in [1.807, 2.05) is 13.8 Å². The summed E-state index contributed by atoms with van der Waals surface area (Å²) < 4.78 is 25.4. The van der Waals surface area contributed by atoms with E-state index < -0.39 is 5.92 Å². The van der Waals surface area contributed by atoms with Crippen LogP contribution in [-0.2, 0) is 0 Å². The van der Waals surface area contributed by atoms with Crippen molar-refractivity contribution in [1.82, 2.24) is 0 Å². The number of hydrogen-bond donors (Lipinski definition) is 0. The van der Waals surface area contributed by atoms with Crippen molar-refractivity contribution in [3.8, 4) is 0 Å². The molecule has 1 aliphatic carbocycles. The Labute approximate surface area is 60.6 Å². The summed E-state index contributed by atoms with van der Waals surface area (Å²) in [5.74, 6) is -1.96. The lowest BCUT2D eigenvalue weighted by Gasteiger charge is -2.30. The molecule has 1 fully saturated rings. The first-order chi connectivity index (χ1) is 4.49. The first kappa shape index (κ1) is 7.96. The standard InChI is InChI=1S/C8H14F2/c1-6-3-7(2)5-8(9,10)4-6/h6-7H,3-5H2,1-2H3/t6-,7-/m1/s1. The molecular weight excluding hydrogens is 134 g/mol. The summed E-state index contributed by atoms with van der Waals surface area (Å²) in [6, 6.07) is 0. The summed E-state index contributed by atoms with van der Waals surface area (Å²) in [6.07, 6.45) is 1.16. The third kappa shape index (κ3) is 1.93. The van der Waals surface area contributed by atoms with E-state index in [1.54, 1.807) is 0 Å². The number of rotatable bonds is 0.